The summed E-state index contributed by atoms with van der Waals surface area (Å²) in [5.74, 6) is -1.75. The number of Topliss-reactive ketones (excluding diaryl/α,β-unsaturated/α-hetero) is 1. The molecule has 92 valence electrons. The van der Waals surface area contributed by atoms with E-state index in [1.165, 1.54) is 19.2 Å². The van der Waals surface area contributed by atoms with Crippen LogP contribution in [0.15, 0.2) is 16.6 Å². The van der Waals surface area contributed by atoms with Gasteiger partial charge in [0.05, 0.1) is 13.7 Å². The average molecular weight is 303 g/mol. The second kappa shape index (κ2) is 5.67. The van der Waals surface area contributed by atoms with Crippen LogP contribution in [0.5, 0.6) is 11.5 Å². The fraction of sp³-hybridized carbons (Fsp3) is 0.273. The fourth-order valence-corrected chi connectivity index (χ4v) is 1.70. The molecule has 5 nitrogen and oxygen atoms in total. The maximum atomic E-state index is 11.7. The molecule has 17 heavy (non-hydrogen) atoms. The lowest BCUT2D eigenvalue weighted by atomic mass is 10.1. The van der Waals surface area contributed by atoms with E-state index < -0.39 is 11.8 Å². The molecule has 0 fully saturated rings. The lowest BCUT2D eigenvalue weighted by Crippen LogP contribution is -2.18. The Labute approximate surface area is 106 Å². The summed E-state index contributed by atoms with van der Waals surface area (Å²) in [7, 11) is 1.35. The number of rotatable bonds is 4. The monoisotopic (exact) mass is 302 g/mol. The first-order chi connectivity index (χ1) is 8.01. The summed E-state index contributed by atoms with van der Waals surface area (Å²) in [6.45, 7) is 1.73. The van der Waals surface area contributed by atoms with Crippen LogP contribution in [-0.4, -0.2) is 30.6 Å². The maximum absolute atomic E-state index is 11.7. The number of methoxy groups -OCH3 is 1. The van der Waals surface area contributed by atoms with Crippen LogP contribution in [0, 0.1) is 0 Å². The van der Waals surface area contributed by atoms with Crippen LogP contribution in [-0.2, 0) is 9.53 Å². The zero-order valence-electron chi connectivity index (χ0n) is 9.32. The summed E-state index contributed by atoms with van der Waals surface area (Å²) in [4.78, 5) is 23.0. The number of carbonyl (C=O) groups excluding carboxylic acids is 2. The van der Waals surface area contributed by atoms with Crippen LogP contribution >= 0.6 is 15.9 Å². The van der Waals surface area contributed by atoms with Crippen molar-refractivity contribution >= 4 is 27.7 Å². The van der Waals surface area contributed by atoms with Crippen LogP contribution in [0.2, 0.25) is 0 Å². The minimum atomic E-state index is -0.944. The highest BCUT2D eigenvalue weighted by Crippen LogP contribution is 2.32. The van der Waals surface area contributed by atoms with E-state index in [1.54, 1.807) is 6.92 Å². The Morgan fingerprint density at radius 2 is 2.06 bits per heavy atom. The number of carbonyl (C=O) groups is 2. The third kappa shape index (κ3) is 2.97. The van der Waals surface area contributed by atoms with Gasteiger partial charge in [-0.05, 0) is 35.0 Å². The van der Waals surface area contributed by atoms with Crippen LogP contribution in [0.3, 0.4) is 0 Å². The minimum Gasteiger partial charge on any atom is -0.504 e. The molecule has 0 amide bonds. The molecule has 6 heteroatoms. The van der Waals surface area contributed by atoms with E-state index in [1.807, 2.05) is 0 Å². The summed E-state index contributed by atoms with van der Waals surface area (Å²) >= 11 is 3.09. The van der Waals surface area contributed by atoms with E-state index in [2.05, 4.69) is 20.7 Å². The molecule has 0 heterocycles. The van der Waals surface area contributed by atoms with Crippen LogP contribution < -0.4 is 4.74 Å². The molecule has 1 N–H and O–H groups in total. The first-order valence-electron chi connectivity index (χ1n) is 4.79. The number of ether oxygens (including phenoxy) is 2. The van der Waals surface area contributed by atoms with E-state index in [9.17, 15) is 14.7 Å². The molecule has 1 aromatic rings. The van der Waals surface area contributed by atoms with Gasteiger partial charge in [-0.1, -0.05) is 0 Å². The van der Waals surface area contributed by atoms with Crippen molar-refractivity contribution in [2.75, 3.05) is 13.7 Å². The van der Waals surface area contributed by atoms with Crippen LogP contribution in [0.25, 0.3) is 0 Å². The van der Waals surface area contributed by atoms with Gasteiger partial charge in [0.1, 0.15) is 0 Å². The molecule has 0 aliphatic rings. The van der Waals surface area contributed by atoms with E-state index >= 15 is 0 Å². The summed E-state index contributed by atoms with van der Waals surface area (Å²) < 4.78 is 9.76. The predicted molar refractivity (Wildman–Crippen MR) is 63.3 cm³/mol. The summed E-state index contributed by atoms with van der Waals surface area (Å²) in [5, 5.41) is 9.46. The van der Waals surface area contributed by atoms with E-state index in [0.717, 1.165) is 0 Å². The zero-order chi connectivity index (χ0) is 13.0. The molecule has 1 rings (SSSR count). The van der Waals surface area contributed by atoms with Crippen LogP contribution in [0.4, 0.5) is 0 Å². The van der Waals surface area contributed by atoms with E-state index in [4.69, 9.17) is 4.74 Å². The number of hydrogen-bond acceptors (Lipinski definition) is 5. The second-order valence-corrected chi connectivity index (χ2v) is 3.91. The fourth-order valence-electron chi connectivity index (χ4n) is 1.19. The van der Waals surface area contributed by atoms with Gasteiger partial charge in [-0.3, -0.25) is 4.79 Å². The van der Waals surface area contributed by atoms with Crippen molar-refractivity contribution in [3.05, 3.63) is 22.2 Å². The normalized spacial score (nSPS) is 9.82. The summed E-state index contributed by atoms with van der Waals surface area (Å²) in [6.07, 6.45) is 0. The number of phenols is 1. The number of esters is 1. The molecular weight excluding hydrogens is 292 g/mol. The first kappa shape index (κ1) is 13.5. The zero-order valence-corrected chi connectivity index (χ0v) is 10.9. The van der Waals surface area contributed by atoms with Gasteiger partial charge in [-0.2, -0.15) is 0 Å². The second-order valence-electron chi connectivity index (χ2n) is 3.05. The van der Waals surface area contributed by atoms with Gasteiger partial charge < -0.3 is 14.6 Å². The Hall–Kier alpha value is -1.56. The highest BCUT2D eigenvalue weighted by molar-refractivity contribution is 9.10. The molecule has 0 saturated carbocycles. The minimum absolute atomic E-state index is 0.0816. The molecule has 0 aliphatic heterocycles. The van der Waals surface area contributed by atoms with Gasteiger partial charge in [0.15, 0.2) is 11.5 Å². The predicted octanol–water partition coefficient (Wildman–Crippen LogP) is 1.91. The van der Waals surface area contributed by atoms with Gasteiger partial charge in [-0.15, -0.1) is 0 Å². The number of hydrogen-bond donors (Lipinski definition) is 1. The Balaban J connectivity index is 3.13. The van der Waals surface area contributed by atoms with Crippen molar-refractivity contribution < 1.29 is 24.2 Å². The van der Waals surface area contributed by atoms with Crippen molar-refractivity contribution in [1.29, 1.82) is 0 Å². The molecule has 0 bridgehead atoms. The molecule has 0 unspecified atom stereocenters. The highest BCUT2D eigenvalue weighted by atomic mass is 79.9. The number of benzene rings is 1. The molecular formula is C11H11BrO5. The van der Waals surface area contributed by atoms with Crippen LogP contribution in [0.1, 0.15) is 17.3 Å². The van der Waals surface area contributed by atoms with Gasteiger partial charge >= 0.3 is 5.97 Å². The van der Waals surface area contributed by atoms with E-state index in [0.29, 0.717) is 4.47 Å². The molecule has 0 atom stereocenters. The number of phenolic OH excluding ortho intramolecular Hbond substituents is 1. The highest BCUT2D eigenvalue weighted by Gasteiger charge is 2.22. The lowest BCUT2D eigenvalue weighted by Gasteiger charge is -2.08. The first-order valence-corrected chi connectivity index (χ1v) is 5.58. The standard InChI is InChI=1S/C11H11BrO5/c1-3-17-11(15)10(14)6-4-9(16-2)8(13)5-7(6)12/h4-5,13H,3H2,1-2H3. The molecule has 0 radical (unpaired) electrons. The Morgan fingerprint density at radius 1 is 1.41 bits per heavy atom. The molecule has 0 spiro atoms. The number of ketones is 1. The van der Waals surface area contributed by atoms with Crippen molar-refractivity contribution in [2.45, 2.75) is 6.92 Å². The Bertz CT molecular complexity index is 455. The number of halogens is 1. The van der Waals surface area contributed by atoms with Crippen molar-refractivity contribution in [2.24, 2.45) is 0 Å². The lowest BCUT2D eigenvalue weighted by molar-refractivity contribution is -0.137. The molecule has 0 aliphatic carbocycles. The smallest absolute Gasteiger partial charge is 0.379 e. The molecule has 0 aromatic heterocycles. The average Bonchev–Trinajstić information content (AvgIpc) is 2.29. The topological polar surface area (TPSA) is 72.8 Å². The molecule has 1 aromatic carbocycles. The summed E-state index contributed by atoms with van der Waals surface area (Å²) in [6, 6.07) is 2.56. The third-order valence-corrected chi connectivity index (χ3v) is 2.63. The van der Waals surface area contributed by atoms with Crippen molar-refractivity contribution in [3.63, 3.8) is 0 Å². The van der Waals surface area contributed by atoms with Crippen molar-refractivity contribution in [3.8, 4) is 11.5 Å². The number of aromatic hydroxyl groups is 1. The van der Waals surface area contributed by atoms with Gasteiger partial charge in [0.2, 0.25) is 0 Å². The molecule has 0 saturated heterocycles. The van der Waals surface area contributed by atoms with Gasteiger partial charge in [0, 0.05) is 10.0 Å². The summed E-state index contributed by atoms with van der Waals surface area (Å²) in [5.41, 5.74) is 0.0816. The Kier molecular flexibility index (Phi) is 4.51. The largest absolute Gasteiger partial charge is 0.504 e. The Morgan fingerprint density at radius 3 is 2.59 bits per heavy atom. The van der Waals surface area contributed by atoms with Gasteiger partial charge in [0.25, 0.3) is 5.78 Å². The third-order valence-electron chi connectivity index (χ3n) is 1.97. The maximum Gasteiger partial charge on any atom is 0.379 e. The van der Waals surface area contributed by atoms with E-state index in [-0.39, 0.29) is 23.7 Å². The SMILES string of the molecule is CCOC(=O)C(=O)c1cc(OC)c(O)cc1Br. The quantitative estimate of drug-likeness (QED) is 0.522. The van der Waals surface area contributed by atoms with Gasteiger partial charge in [-0.25, -0.2) is 4.79 Å². The van der Waals surface area contributed by atoms with Crippen molar-refractivity contribution in [1.82, 2.24) is 0 Å².